The Morgan fingerprint density at radius 1 is 1.22 bits per heavy atom. The first-order chi connectivity index (χ1) is 13.2. The number of hydrogen-bond acceptors (Lipinski definition) is 6. The molecule has 3 heterocycles. The molecule has 0 spiro atoms. The molecule has 2 aliphatic rings. The normalized spacial score (nSPS) is 20.4. The van der Waals surface area contributed by atoms with Crippen molar-refractivity contribution in [1.29, 1.82) is 0 Å². The van der Waals surface area contributed by atoms with Crippen LogP contribution in [0.3, 0.4) is 0 Å². The Labute approximate surface area is 164 Å². The van der Waals surface area contributed by atoms with Crippen LogP contribution in [0.4, 0.5) is 5.13 Å². The number of likely N-dealkylation sites (tertiary alicyclic amines) is 1. The van der Waals surface area contributed by atoms with E-state index in [-0.39, 0.29) is 5.56 Å². The quantitative estimate of drug-likeness (QED) is 0.826. The molecule has 2 aromatic heterocycles. The third kappa shape index (κ3) is 4.58. The SMILES string of the molecule is Cc1csc(NCC2CCCCN2CCn2nc3c(cc2=O)CCCC3)n1. The fourth-order valence-electron chi connectivity index (χ4n) is 4.21. The zero-order chi connectivity index (χ0) is 18.6. The number of piperidine rings is 1. The maximum atomic E-state index is 12.4. The van der Waals surface area contributed by atoms with E-state index in [1.165, 1.54) is 37.7 Å². The van der Waals surface area contributed by atoms with Gasteiger partial charge in [0.1, 0.15) is 0 Å². The topological polar surface area (TPSA) is 63.1 Å². The second kappa shape index (κ2) is 8.52. The first-order valence-electron chi connectivity index (χ1n) is 10.2. The molecule has 0 aromatic carbocycles. The summed E-state index contributed by atoms with van der Waals surface area (Å²) >= 11 is 1.67. The van der Waals surface area contributed by atoms with Crippen molar-refractivity contribution in [2.75, 3.05) is 25.0 Å². The predicted molar refractivity (Wildman–Crippen MR) is 110 cm³/mol. The molecular weight excluding hydrogens is 358 g/mol. The van der Waals surface area contributed by atoms with Crippen LogP contribution in [0.1, 0.15) is 49.1 Å². The molecular formula is C20H29N5OS. The monoisotopic (exact) mass is 387 g/mol. The first kappa shape index (κ1) is 18.6. The van der Waals surface area contributed by atoms with E-state index < -0.39 is 0 Å². The van der Waals surface area contributed by atoms with Crippen LogP contribution in [0, 0.1) is 6.92 Å². The second-order valence-corrected chi connectivity index (χ2v) is 8.60. The molecule has 7 heteroatoms. The molecule has 146 valence electrons. The minimum atomic E-state index is 0.0561. The Morgan fingerprint density at radius 2 is 2.11 bits per heavy atom. The minimum absolute atomic E-state index is 0.0561. The lowest BCUT2D eigenvalue weighted by Gasteiger charge is -2.35. The van der Waals surface area contributed by atoms with Gasteiger partial charge in [0.2, 0.25) is 0 Å². The summed E-state index contributed by atoms with van der Waals surface area (Å²) < 4.78 is 1.69. The minimum Gasteiger partial charge on any atom is -0.360 e. The lowest BCUT2D eigenvalue weighted by molar-refractivity contribution is 0.148. The van der Waals surface area contributed by atoms with Gasteiger partial charge in [-0.15, -0.1) is 11.3 Å². The summed E-state index contributed by atoms with van der Waals surface area (Å²) in [5.41, 5.74) is 3.43. The van der Waals surface area contributed by atoms with E-state index >= 15 is 0 Å². The molecule has 1 saturated heterocycles. The van der Waals surface area contributed by atoms with Crippen molar-refractivity contribution < 1.29 is 0 Å². The smallest absolute Gasteiger partial charge is 0.267 e. The number of fused-ring (bicyclic) bond motifs is 1. The summed E-state index contributed by atoms with van der Waals surface area (Å²) in [6.45, 7) is 5.61. The van der Waals surface area contributed by atoms with Crippen molar-refractivity contribution in [3.63, 3.8) is 0 Å². The Balaban J connectivity index is 1.37. The van der Waals surface area contributed by atoms with Gasteiger partial charge in [0.05, 0.1) is 17.9 Å². The van der Waals surface area contributed by atoms with Crippen molar-refractivity contribution in [2.24, 2.45) is 0 Å². The molecule has 1 N–H and O–H groups in total. The third-order valence-corrected chi connectivity index (χ3v) is 6.65. The van der Waals surface area contributed by atoms with Crippen LogP contribution in [0.15, 0.2) is 16.2 Å². The highest BCUT2D eigenvalue weighted by Gasteiger charge is 2.23. The summed E-state index contributed by atoms with van der Waals surface area (Å²) in [5, 5.41) is 11.3. The number of nitrogens with zero attached hydrogens (tertiary/aromatic N) is 4. The fourth-order valence-corrected chi connectivity index (χ4v) is 4.91. The molecule has 1 atom stereocenters. The molecule has 27 heavy (non-hydrogen) atoms. The number of aryl methyl sites for hydroxylation is 3. The molecule has 6 nitrogen and oxygen atoms in total. The van der Waals surface area contributed by atoms with Crippen LogP contribution in [0.5, 0.6) is 0 Å². The molecule has 1 unspecified atom stereocenters. The Morgan fingerprint density at radius 3 is 2.96 bits per heavy atom. The van der Waals surface area contributed by atoms with Crippen molar-refractivity contribution in [1.82, 2.24) is 19.7 Å². The fraction of sp³-hybridized carbons (Fsp3) is 0.650. The van der Waals surface area contributed by atoms with E-state index in [1.807, 2.05) is 13.0 Å². The lowest BCUT2D eigenvalue weighted by atomic mass is 9.97. The van der Waals surface area contributed by atoms with Crippen molar-refractivity contribution >= 4 is 16.5 Å². The Hall–Kier alpha value is -1.73. The van der Waals surface area contributed by atoms with Crippen LogP contribution < -0.4 is 10.9 Å². The van der Waals surface area contributed by atoms with Gasteiger partial charge in [-0.3, -0.25) is 9.69 Å². The van der Waals surface area contributed by atoms with E-state index in [9.17, 15) is 4.79 Å². The van der Waals surface area contributed by atoms with E-state index in [0.29, 0.717) is 12.6 Å². The van der Waals surface area contributed by atoms with E-state index in [2.05, 4.69) is 25.7 Å². The number of rotatable bonds is 6. The van der Waals surface area contributed by atoms with Gasteiger partial charge in [0.25, 0.3) is 5.56 Å². The average Bonchev–Trinajstić information content (AvgIpc) is 3.10. The summed E-state index contributed by atoms with van der Waals surface area (Å²) in [6.07, 6.45) is 8.10. The van der Waals surface area contributed by atoms with Crippen molar-refractivity contribution in [3.05, 3.63) is 38.8 Å². The molecule has 0 bridgehead atoms. The van der Waals surface area contributed by atoms with Gasteiger partial charge in [-0.2, -0.15) is 5.10 Å². The number of nitrogens with one attached hydrogen (secondary N) is 1. The molecule has 0 saturated carbocycles. The molecule has 1 fully saturated rings. The number of thiazole rings is 1. The second-order valence-electron chi connectivity index (χ2n) is 7.75. The standard InChI is InChI=1S/C20H29N5OS/c1-15-14-27-20(22-15)21-13-17-7-4-5-9-24(17)10-11-25-19(26)12-16-6-2-3-8-18(16)23-25/h12,14,17H,2-11,13H2,1H3,(H,21,22). The molecule has 2 aromatic rings. The molecule has 1 aliphatic heterocycles. The maximum absolute atomic E-state index is 12.4. The lowest BCUT2D eigenvalue weighted by Crippen LogP contribution is -2.45. The van der Waals surface area contributed by atoms with Gasteiger partial charge >= 0.3 is 0 Å². The average molecular weight is 388 g/mol. The van der Waals surface area contributed by atoms with Crippen molar-refractivity contribution in [3.8, 4) is 0 Å². The third-order valence-electron chi connectivity index (χ3n) is 5.73. The van der Waals surface area contributed by atoms with Crippen LogP contribution in [-0.2, 0) is 19.4 Å². The number of aromatic nitrogens is 3. The maximum Gasteiger partial charge on any atom is 0.267 e. The summed E-state index contributed by atoms with van der Waals surface area (Å²) in [4.78, 5) is 19.4. The Kier molecular flexibility index (Phi) is 5.88. The van der Waals surface area contributed by atoms with Crippen LogP contribution >= 0.6 is 11.3 Å². The van der Waals surface area contributed by atoms with Crippen LogP contribution in [0.25, 0.3) is 0 Å². The molecule has 4 rings (SSSR count). The highest BCUT2D eigenvalue weighted by atomic mass is 32.1. The van der Waals surface area contributed by atoms with Gasteiger partial charge in [0, 0.05) is 30.6 Å². The molecule has 0 radical (unpaired) electrons. The van der Waals surface area contributed by atoms with Gasteiger partial charge in [-0.1, -0.05) is 6.42 Å². The summed E-state index contributed by atoms with van der Waals surface area (Å²) in [6, 6.07) is 2.32. The number of hydrogen-bond donors (Lipinski definition) is 1. The summed E-state index contributed by atoms with van der Waals surface area (Å²) in [5.74, 6) is 0. The van der Waals surface area contributed by atoms with E-state index in [0.717, 1.165) is 49.0 Å². The zero-order valence-electron chi connectivity index (χ0n) is 16.1. The van der Waals surface area contributed by atoms with Crippen LogP contribution in [0.2, 0.25) is 0 Å². The predicted octanol–water partition coefficient (Wildman–Crippen LogP) is 2.85. The number of anilines is 1. The van der Waals surface area contributed by atoms with Crippen molar-refractivity contribution in [2.45, 2.75) is 64.5 Å². The highest BCUT2D eigenvalue weighted by Crippen LogP contribution is 2.20. The van der Waals surface area contributed by atoms with Gasteiger partial charge in [0.15, 0.2) is 5.13 Å². The van der Waals surface area contributed by atoms with Gasteiger partial charge < -0.3 is 5.32 Å². The Bertz CT molecular complexity index is 830. The largest absolute Gasteiger partial charge is 0.360 e. The van der Waals surface area contributed by atoms with E-state index in [4.69, 9.17) is 0 Å². The van der Waals surface area contributed by atoms with Gasteiger partial charge in [-0.25, -0.2) is 9.67 Å². The summed E-state index contributed by atoms with van der Waals surface area (Å²) in [7, 11) is 0. The van der Waals surface area contributed by atoms with Crippen LogP contribution in [-0.4, -0.2) is 45.3 Å². The first-order valence-corrected chi connectivity index (χ1v) is 11.1. The zero-order valence-corrected chi connectivity index (χ0v) is 16.9. The molecule has 0 amide bonds. The van der Waals surface area contributed by atoms with Gasteiger partial charge in [-0.05, 0) is 57.6 Å². The van der Waals surface area contributed by atoms with E-state index in [1.54, 1.807) is 16.0 Å². The molecule has 1 aliphatic carbocycles. The highest BCUT2D eigenvalue weighted by molar-refractivity contribution is 7.13.